The molecule has 0 saturated heterocycles. The van der Waals surface area contributed by atoms with Gasteiger partial charge in [-0.3, -0.25) is 4.98 Å². The van der Waals surface area contributed by atoms with Crippen LogP contribution in [0.4, 0.5) is 5.69 Å². The van der Waals surface area contributed by atoms with Crippen molar-refractivity contribution in [3.63, 3.8) is 0 Å². The molecule has 1 heterocycles. The second kappa shape index (κ2) is 5.93. The van der Waals surface area contributed by atoms with E-state index in [-0.39, 0.29) is 17.5 Å². The Labute approximate surface area is 129 Å². The predicted molar refractivity (Wildman–Crippen MR) is 88.3 cm³/mol. The van der Waals surface area contributed by atoms with Crippen LogP contribution in [-0.2, 0) is 6.42 Å². The molecule has 112 valence electrons. The lowest BCUT2D eigenvalue weighted by molar-refractivity contribution is 0.403. The van der Waals surface area contributed by atoms with Crippen LogP contribution in [-0.4, -0.2) is 21.2 Å². The highest BCUT2D eigenvalue weighted by atomic mass is 16.3. The lowest BCUT2D eigenvalue weighted by Crippen LogP contribution is -2.18. The van der Waals surface area contributed by atoms with E-state index >= 15 is 0 Å². The molecular formula is C18H18N2O2. The van der Waals surface area contributed by atoms with Gasteiger partial charge in [0.05, 0.1) is 5.52 Å². The molecule has 22 heavy (non-hydrogen) atoms. The minimum atomic E-state index is -0.0931. The maximum absolute atomic E-state index is 9.57. The Kier molecular flexibility index (Phi) is 3.83. The van der Waals surface area contributed by atoms with Gasteiger partial charge < -0.3 is 15.5 Å². The Bertz CT molecular complexity index is 797. The largest absolute Gasteiger partial charge is 0.504 e. The monoisotopic (exact) mass is 294 g/mol. The van der Waals surface area contributed by atoms with E-state index in [1.54, 1.807) is 12.3 Å². The van der Waals surface area contributed by atoms with E-state index in [1.165, 1.54) is 6.07 Å². The fourth-order valence-corrected chi connectivity index (χ4v) is 2.59. The molecule has 1 atom stereocenters. The van der Waals surface area contributed by atoms with Gasteiger partial charge in [-0.1, -0.05) is 24.3 Å². The first kappa shape index (κ1) is 14.2. The molecule has 1 aromatic heterocycles. The molecule has 3 rings (SSSR count). The molecule has 0 bridgehead atoms. The summed E-state index contributed by atoms with van der Waals surface area (Å²) in [6.07, 6.45) is 2.54. The molecule has 0 saturated carbocycles. The van der Waals surface area contributed by atoms with Crippen molar-refractivity contribution in [2.24, 2.45) is 0 Å². The van der Waals surface area contributed by atoms with Gasteiger partial charge in [-0.2, -0.15) is 0 Å². The SMILES string of the molecule is CC(Cc1ccc(O)c(O)c1)Nc1ccnc2ccccc12. The molecule has 0 spiro atoms. The molecule has 0 aliphatic heterocycles. The van der Waals surface area contributed by atoms with E-state index in [1.807, 2.05) is 36.4 Å². The van der Waals surface area contributed by atoms with Crippen LogP contribution in [0.1, 0.15) is 12.5 Å². The van der Waals surface area contributed by atoms with Gasteiger partial charge >= 0.3 is 0 Å². The van der Waals surface area contributed by atoms with Crippen LogP contribution >= 0.6 is 0 Å². The lowest BCUT2D eigenvalue weighted by atomic mass is 10.1. The van der Waals surface area contributed by atoms with Gasteiger partial charge in [-0.15, -0.1) is 0 Å². The number of aromatic hydroxyl groups is 2. The minimum absolute atomic E-state index is 0.0842. The second-order valence-corrected chi connectivity index (χ2v) is 5.45. The van der Waals surface area contributed by atoms with Crippen LogP contribution in [0.5, 0.6) is 11.5 Å². The number of fused-ring (bicyclic) bond motifs is 1. The summed E-state index contributed by atoms with van der Waals surface area (Å²) in [7, 11) is 0. The topological polar surface area (TPSA) is 65.4 Å². The van der Waals surface area contributed by atoms with E-state index in [2.05, 4.69) is 17.2 Å². The zero-order chi connectivity index (χ0) is 15.5. The van der Waals surface area contributed by atoms with Crippen molar-refractivity contribution in [1.29, 1.82) is 0 Å². The van der Waals surface area contributed by atoms with E-state index in [4.69, 9.17) is 0 Å². The number of benzene rings is 2. The molecule has 1 unspecified atom stereocenters. The summed E-state index contributed by atoms with van der Waals surface area (Å²) < 4.78 is 0. The average molecular weight is 294 g/mol. The summed E-state index contributed by atoms with van der Waals surface area (Å²) >= 11 is 0. The zero-order valence-electron chi connectivity index (χ0n) is 12.3. The molecule has 0 fully saturated rings. The van der Waals surface area contributed by atoms with Gasteiger partial charge in [0.15, 0.2) is 11.5 Å². The van der Waals surface area contributed by atoms with Crippen molar-refractivity contribution in [2.75, 3.05) is 5.32 Å². The van der Waals surface area contributed by atoms with Crippen LogP contribution in [0.2, 0.25) is 0 Å². The van der Waals surface area contributed by atoms with E-state index in [9.17, 15) is 10.2 Å². The first-order valence-electron chi connectivity index (χ1n) is 7.24. The summed E-state index contributed by atoms with van der Waals surface area (Å²) in [6, 6.07) is 15.1. The van der Waals surface area contributed by atoms with Crippen LogP contribution in [0, 0.1) is 0 Å². The lowest BCUT2D eigenvalue weighted by Gasteiger charge is -2.17. The summed E-state index contributed by atoms with van der Waals surface area (Å²) in [5.41, 5.74) is 2.97. The third kappa shape index (κ3) is 2.96. The number of phenols is 2. The van der Waals surface area contributed by atoms with Gasteiger partial charge in [0.1, 0.15) is 0 Å². The number of pyridine rings is 1. The number of anilines is 1. The van der Waals surface area contributed by atoms with E-state index in [0.29, 0.717) is 0 Å². The van der Waals surface area contributed by atoms with Gasteiger partial charge in [-0.25, -0.2) is 0 Å². The Morgan fingerprint density at radius 2 is 1.86 bits per heavy atom. The number of hydrogen-bond acceptors (Lipinski definition) is 4. The van der Waals surface area contributed by atoms with Gasteiger partial charge in [0, 0.05) is 23.3 Å². The van der Waals surface area contributed by atoms with Crippen LogP contribution in [0.15, 0.2) is 54.7 Å². The molecule has 0 aliphatic carbocycles. The molecule has 0 amide bonds. The highest BCUT2D eigenvalue weighted by Gasteiger charge is 2.08. The fraction of sp³-hybridized carbons (Fsp3) is 0.167. The van der Waals surface area contributed by atoms with Gasteiger partial charge in [0.2, 0.25) is 0 Å². The average Bonchev–Trinajstić information content (AvgIpc) is 2.51. The molecule has 3 aromatic rings. The number of phenolic OH excluding ortho intramolecular Hbond substituents is 2. The van der Waals surface area contributed by atoms with Crippen LogP contribution in [0.25, 0.3) is 10.9 Å². The predicted octanol–water partition coefficient (Wildman–Crippen LogP) is 3.69. The van der Waals surface area contributed by atoms with Crippen LogP contribution < -0.4 is 5.32 Å². The number of rotatable bonds is 4. The normalized spacial score (nSPS) is 12.2. The van der Waals surface area contributed by atoms with Crippen molar-refractivity contribution in [3.8, 4) is 11.5 Å². The Morgan fingerprint density at radius 3 is 2.68 bits per heavy atom. The highest BCUT2D eigenvalue weighted by Crippen LogP contribution is 2.26. The smallest absolute Gasteiger partial charge is 0.157 e. The first-order chi connectivity index (χ1) is 10.6. The summed E-state index contributed by atoms with van der Waals surface area (Å²) in [4.78, 5) is 4.35. The van der Waals surface area contributed by atoms with Crippen molar-refractivity contribution in [2.45, 2.75) is 19.4 Å². The fourth-order valence-electron chi connectivity index (χ4n) is 2.59. The number of para-hydroxylation sites is 1. The van der Waals surface area contributed by atoms with Crippen molar-refractivity contribution < 1.29 is 10.2 Å². The molecule has 4 nitrogen and oxygen atoms in total. The molecule has 0 radical (unpaired) electrons. The highest BCUT2D eigenvalue weighted by molar-refractivity contribution is 5.90. The summed E-state index contributed by atoms with van der Waals surface area (Å²) in [6.45, 7) is 2.08. The van der Waals surface area contributed by atoms with Crippen LogP contribution in [0.3, 0.4) is 0 Å². The van der Waals surface area contributed by atoms with Crippen molar-refractivity contribution >= 4 is 16.6 Å². The Balaban J connectivity index is 1.78. The van der Waals surface area contributed by atoms with Crippen molar-refractivity contribution in [1.82, 2.24) is 4.98 Å². The maximum Gasteiger partial charge on any atom is 0.157 e. The number of aromatic nitrogens is 1. The van der Waals surface area contributed by atoms with E-state index < -0.39 is 0 Å². The second-order valence-electron chi connectivity index (χ2n) is 5.45. The number of nitrogens with zero attached hydrogens (tertiary/aromatic N) is 1. The summed E-state index contributed by atoms with van der Waals surface area (Å²) in [5, 5.41) is 23.5. The zero-order valence-corrected chi connectivity index (χ0v) is 12.3. The molecule has 0 aliphatic rings. The van der Waals surface area contributed by atoms with Gasteiger partial charge in [0.25, 0.3) is 0 Å². The first-order valence-corrected chi connectivity index (χ1v) is 7.24. The third-order valence-corrected chi connectivity index (χ3v) is 3.63. The Hall–Kier alpha value is -2.75. The molecular weight excluding hydrogens is 276 g/mol. The van der Waals surface area contributed by atoms with Gasteiger partial charge in [-0.05, 0) is 43.2 Å². The third-order valence-electron chi connectivity index (χ3n) is 3.63. The Morgan fingerprint density at radius 1 is 1.05 bits per heavy atom. The van der Waals surface area contributed by atoms with Crippen molar-refractivity contribution in [3.05, 3.63) is 60.3 Å². The minimum Gasteiger partial charge on any atom is -0.504 e. The quantitative estimate of drug-likeness (QED) is 0.642. The molecule has 4 heteroatoms. The number of nitrogens with one attached hydrogen (secondary N) is 1. The van der Waals surface area contributed by atoms with E-state index in [0.717, 1.165) is 28.6 Å². The molecule has 2 aromatic carbocycles. The maximum atomic E-state index is 9.57. The summed E-state index contributed by atoms with van der Waals surface area (Å²) in [5.74, 6) is -0.177. The molecule has 3 N–H and O–H groups in total. The number of hydrogen-bond donors (Lipinski definition) is 3. The standard InChI is InChI=1S/C18H18N2O2/c1-12(10-13-6-7-17(21)18(22)11-13)20-16-8-9-19-15-5-3-2-4-14(15)16/h2-9,11-12,21-22H,10H2,1H3,(H,19,20).